The fraction of sp³-hybridized carbons (Fsp3) is 0.474. The molecule has 3 aliphatic rings. The topological polar surface area (TPSA) is 79.6 Å². The molecule has 1 fully saturated rings. The van der Waals surface area contributed by atoms with Crippen LogP contribution in [0.15, 0.2) is 29.3 Å². The smallest absolute Gasteiger partial charge is 0.340 e. The van der Waals surface area contributed by atoms with Gasteiger partial charge in [-0.1, -0.05) is 13.0 Å². The number of carbonyl (C=O) groups is 1. The first-order valence-corrected chi connectivity index (χ1v) is 8.22. The molecule has 5 heteroatoms. The summed E-state index contributed by atoms with van der Waals surface area (Å²) in [6.07, 6.45) is 1.20. The van der Waals surface area contributed by atoms with Crippen molar-refractivity contribution in [2.24, 2.45) is 11.3 Å². The lowest BCUT2D eigenvalue weighted by Gasteiger charge is -2.41. The van der Waals surface area contributed by atoms with Gasteiger partial charge in [-0.25, -0.2) is 4.79 Å². The molecule has 2 aliphatic carbocycles. The molecule has 1 aromatic carbocycles. The molecule has 0 unspecified atom stereocenters. The van der Waals surface area contributed by atoms with E-state index in [1.54, 1.807) is 13.2 Å². The van der Waals surface area contributed by atoms with Gasteiger partial charge in [-0.15, -0.1) is 0 Å². The molecule has 0 saturated heterocycles. The summed E-state index contributed by atoms with van der Waals surface area (Å²) in [5, 5.41) is 20.0. The minimum atomic E-state index is -0.746. The van der Waals surface area contributed by atoms with Gasteiger partial charge in [-0.2, -0.15) is 5.26 Å². The van der Waals surface area contributed by atoms with Crippen molar-refractivity contribution >= 4 is 5.97 Å². The van der Waals surface area contributed by atoms with E-state index in [0.717, 1.165) is 24.0 Å². The van der Waals surface area contributed by atoms with E-state index >= 15 is 0 Å². The summed E-state index contributed by atoms with van der Waals surface area (Å²) < 4.78 is 10.7. The monoisotopic (exact) mass is 325 g/mol. The molecule has 1 aromatic rings. The Morgan fingerprint density at radius 2 is 2.25 bits per heavy atom. The van der Waals surface area contributed by atoms with Crippen molar-refractivity contribution in [3.05, 3.63) is 34.9 Å². The molecule has 0 bridgehead atoms. The molecule has 0 aromatic heterocycles. The van der Waals surface area contributed by atoms with Crippen LogP contribution in [0.4, 0.5) is 0 Å². The minimum Gasteiger partial charge on any atom is -0.497 e. The number of hydrogen-bond acceptors (Lipinski definition) is 5. The van der Waals surface area contributed by atoms with Crippen LogP contribution >= 0.6 is 0 Å². The highest BCUT2D eigenvalue weighted by atomic mass is 16.5. The number of ether oxygens (including phenoxy) is 2. The maximum Gasteiger partial charge on any atom is 0.340 e. The Labute approximate surface area is 140 Å². The summed E-state index contributed by atoms with van der Waals surface area (Å²) in [6, 6.07) is 7.83. The second-order valence-electron chi connectivity index (χ2n) is 7.06. The van der Waals surface area contributed by atoms with Crippen LogP contribution in [0, 0.1) is 22.7 Å². The first-order chi connectivity index (χ1) is 11.5. The summed E-state index contributed by atoms with van der Waals surface area (Å²) in [4.78, 5) is 12.7. The Morgan fingerprint density at radius 1 is 1.46 bits per heavy atom. The number of hydrogen-bond donors (Lipinski definition) is 1. The summed E-state index contributed by atoms with van der Waals surface area (Å²) in [6.45, 7) is 1.99. The van der Waals surface area contributed by atoms with Gasteiger partial charge in [0.05, 0.1) is 25.2 Å². The molecule has 0 amide bonds. The number of methoxy groups -OCH3 is 1. The van der Waals surface area contributed by atoms with Crippen molar-refractivity contribution < 1.29 is 19.4 Å². The van der Waals surface area contributed by atoms with Gasteiger partial charge in [-0.3, -0.25) is 0 Å². The predicted octanol–water partition coefficient (Wildman–Crippen LogP) is 2.70. The van der Waals surface area contributed by atoms with Crippen LogP contribution in [-0.2, 0) is 4.79 Å². The normalized spacial score (nSPS) is 33.9. The van der Waals surface area contributed by atoms with Gasteiger partial charge in [-0.05, 0) is 30.9 Å². The maximum absolute atomic E-state index is 12.7. The molecule has 124 valence electrons. The molecule has 0 spiro atoms. The van der Waals surface area contributed by atoms with Crippen LogP contribution < -0.4 is 9.47 Å². The Hall–Kier alpha value is -2.32. The molecule has 24 heavy (non-hydrogen) atoms. The van der Waals surface area contributed by atoms with Crippen LogP contribution in [0.3, 0.4) is 0 Å². The van der Waals surface area contributed by atoms with E-state index in [9.17, 15) is 15.2 Å². The Balaban J connectivity index is 1.89. The first-order valence-electron chi connectivity index (χ1n) is 8.22. The van der Waals surface area contributed by atoms with E-state index in [0.29, 0.717) is 23.5 Å². The van der Waals surface area contributed by atoms with Crippen molar-refractivity contribution in [3.63, 3.8) is 0 Å². The Bertz CT molecular complexity index is 806. The number of nitriles is 1. The quantitative estimate of drug-likeness (QED) is 0.634. The molecule has 4 atom stereocenters. The fourth-order valence-electron chi connectivity index (χ4n) is 4.67. The third-order valence-electron chi connectivity index (χ3n) is 5.94. The van der Waals surface area contributed by atoms with Crippen molar-refractivity contribution in [1.82, 2.24) is 0 Å². The van der Waals surface area contributed by atoms with E-state index in [-0.39, 0.29) is 11.8 Å². The lowest BCUT2D eigenvalue weighted by atomic mass is 9.64. The molecule has 0 radical (unpaired) electrons. The highest BCUT2D eigenvalue weighted by molar-refractivity contribution is 5.96. The van der Waals surface area contributed by atoms with E-state index in [1.807, 2.05) is 19.1 Å². The molecule has 1 N–H and O–H groups in total. The van der Waals surface area contributed by atoms with Crippen molar-refractivity contribution in [1.29, 1.82) is 5.26 Å². The number of esters is 1. The number of benzene rings is 1. The lowest BCUT2D eigenvalue weighted by Crippen LogP contribution is -2.36. The maximum atomic E-state index is 12.7. The third kappa shape index (κ3) is 1.87. The van der Waals surface area contributed by atoms with E-state index in [1.165, 1.54) is 0 Å². The summed E-state index contributed by atoms with van der Waals surface area (Å²) in [7, 11) is 1.57. The molecule has 1 aliphatic heterocycles. The third-order valence-corrected chi connectivity index (χ3v) is 5.94. The second kappa shape index (κ2) is 5.09. The van der Waals surface area contributed by atoms with Crippen LogP contribution in [0.5, 0.6) is 11.5 Å². The van der Waals surface area contributed by atoms with Crippen LogP contribution in [-0.4, -0.2) is 24.3 Å². The van der Waals surface area contributed by atoms with Gasteiger partial charge in [0.25, 0.3) is 0 Å². The van der Waals surface area contributed by atoms with Crippen molar-refractivity contribution in [2.75, 3.05) is 7.11 Å². The number of nitrogens with zero attached hydrogens (tertiary/aromatic N) is 1. The predicted molar refractivity (Wildman–Crippen MR) is 85.5 cm³/mol. The number of aliphatic hydroxyl groups excluding tert-OH is 1. The molecular formula is C19H19NO4. The summed E-state index contributed by atoms with van der Waals surface area (Å²) in [5.74, 6) is 0.424. The zero-order valence-electron chi connectivity index (χ0n) is 13.7. The molecule has 4 rings (SSSR count). The highest BCUT2D eigenvalue weighted by Gasteiger charge is 2.54. The number of rotatable bonds is 1. The number of fused-ring (bicyclic) bond motifs is 4. The Kier molecular flexibility index (Phi) is 3.23. The van der Waals surface area contributed by atoms with Gasteiger partial charge in [0.2, 0.25) is 0 Å². The van der Waals surface area contributed by atoms with Crippen LogP contribution in [0.1, 0.15) is 37.7 Å². The standard InChI is InChI=1S/C19H19NO4/c1-19-6-5-13-12-4-3-11(23-2)8-15(12)24-18(22)16(13)17(19)14(21)7-10(19)9-20/h3-4,8,10,13-14,21H,5-7H2,1-2H3/t10-,13-,14+,19-/m1/s1. The Morgan fingerprint density at radius 3 is 2.96 bits per heavy atom. The van der Waals surface area contributed by atoms with Crippen LogP contribution in [0.2, 0.25) is 0 Å². The number of aliphatic hydroxyl groups is 1. The number of carbonyl (C=O) groups excluding carboxylic acids is 1. The van der Waals surface area contributed by atoms with E-state index in [2.05, 4.69) is 6.07 Å². The van der Waals surface area contributed by atoms with Crippen molar-refractivity contribution in [3.8, 4) is 17.6 Å². The molecule has 1 heterocycles. The van der Waals surface area contributed by atoms with Crippen LogP contribution in [0.25, 0.3) is 0 Å². The van der Waals surface area contributed by atoms with E-state index in [4.69, 9.17) is 9.47 Å². The zero-order valence-corrected chi connectivity index (χ0v) is 13.7. The molecular weight excluding hydrogens is 306 g/mol. The summed E-state index contributed by atoms with van der Waals surface area (Å²) >= 11 is 0. The first kappa shape index (κ1) is 15.2. The zero-order chi connectivity index (χ0) is 17.1. The summed E-state index contributed by atoms with van der Waals surface area (Å²) in [5.41, 5.74) is 1.79. The highest BCUT2D eigenvalue weighted by Crippen LogP contribution is 2.59. The van der Waals surface area contributed by atoms with Gasteiger partial charge in [0.15, 0.2) is 0 Å². The van der Waals surface area contributed by atoms with Gasteiger partial charge in [0.1, 0.15) is 11.5 Å². The molecule has 5 nitrogen and oxygen atoms in total. The average molecular weight is 325 g/mol. The average Bonchev–Trinajstić information content (AvgIpc) is 2.84. The SMILES string of the molecule is COc1ccc2c(c1)OC(=O)C1=C3[C@@H](O)C[C@H](C#N)[C@@]3(C)CC[C@@H]12. The van der Waals surface area contributed by atoms with Crippen molar-refractivity contribution in [2.45, 2.75) is 38.2 Å². The molecule has 1 saturated carbocycles. The fourth-order valence-corrected chi connectivity index (χ4v) is 4.67. The van der Waals surface area contributed by atoms with E-state index < -0.39 is 17.5 Å². The largest absolute Gasteiger partial charge is 0.497 e. The lowest BCUT2D eigenvalue weighted by molar-refractivity contribution is -0.131. The van der Waals surface area contributed by atoms with Gasteiger partial charge < -0.3 is 14.6 Å². The second-order valence-corrected chi connectivity index (χ2v) is 7.06. The van der Waals surface area contributed by atoms with Gasteiger partial charge in [0, 0.05) is 28.5 Å². The van der Waals surface area contributed by atoms with Gasteiger partial charge >= 0.3 is 5.97 Å². The minimum absolute atomic E-state index is 0.0812.